The van der Waals surface area contributed by atoms with E-state index in [2.05, 4.69) is 0 Å². The number of thioether (sulfide) groups is 1. The van der Waals surface area contributed by atoms with Crippen molar-refractivity contribution in [2.75, 3.05) is 13.7 Å². The first-order valence-corrected chi connectivity index (χ1v) is 6.93. The van der Waals surface area contributed by atoms with E-state index in [1.54, 1.807) is 31.3 Å². The summed E-state index contributed by atoms with van der Waals surface area (Å²) in [6, 6.07) is 5.17. The molecule has 1 fully saturated rings. The first-order chi connectivity index (χ1) is 9.04. The zero-order valence-electron chi connectivity index (χ0n) is 10.5. The maximum absolute atomic E-state index is 11.9. The molecule has 19 heavy (non-hydrogen) atoms. The maximum atomic E-state index is 11.9. The third-order valence-electron chi connectivity index (χ3n) is 2.60. The van der Waals surface area contributed by atoms with Crippen molar-refractivity contribution in [2.45, 2.75) is 6.92 Å². The minimum absolute atomic E-state index is 0.0331. The van der Waals surface area contributed by atoms with Crippen molar-refractivity contribution in [3.05, 3.63) is 28.7 Å². The van der Waals surface area contributed by atoms with Crippen LogP contribution in [-0.2, 0) is 4.79 Å². The number of para-hydroxylation sites is 1. The van der Waals surface area contributed by atoms with Crippen LogP contribution in [0.2, 0.25) is 0 Å². The van der Waals surface area contributed by atoms with Crippen molar-refractivity contribution in [3.63, 3.8) is 0 Å². The van der Waals surface area contributed by atoms with E-state index in [9.17, 15) is 9.90 Å². The Labute approximate surface area is 121 Å². The average Bonchev–Trinajstić information content (AvgIpc) is 2.62. The molecule has 2 rings (SSSR count). The van der Waals surface area contributed by atoms with Crippen molar-refractivity contribution in [1.29, 1.82) is 0 Å². The number of hydrogen-bond acceptors (Lipinski definition) is 5. The van der Waals surface area contributed by atoms with Crippen molar-refractivity contribution in [2.24, 2.45) is 0 Å². The second kappa shape index (κ2) is 5.63. The van der Waals surface area contributed by atoms with Crippen molar-refractivity contribution < 1.29 is 14.6 Å². The summed E-state index contributed by atoms with van der Waals surface area (Å²) in [7, 11) is 1.63. The van der Waals surface area contributed by atoms with Gasteiger partial charge in [0.2, 0.25) is 0 Å². The molecule has 1 aliphatic heterocycles. The van der Waals surface area contributed by atoms with E-state index in [1.165, 1.54) is 16.7 Å². The van der Waals surface area contributed by atoms with Gasteiger partial charge in [0, 0.05) is 12.6 Å². The fourth-order valence-electron chi connectivity index (χ4n) is 1.61. The molecule has 0 atom stereocenters. The average molecular weight is 295 g/mol. The molecule has 0 aromatic heterocycles. The first-order valence-electron chi connectivity index (χ1n) is 5.71. The van der Waals surface area contributed by atoms with Crippen LogP contribution in [0.3, 0.4) is 0 Å². The molecule has 1 amide bonds. The molecule has 0 saturated carbocycles. The van der Waals surface area contributed by atoms with E-state index in [4.69, 9.17) is 17.0 Å². The maximum Gasteiger partial charge on any atom is 0.265 e. The normalized spacial score (nSPS) is 17.4. The van der Waals surface area contributed by atoms with Gasteiger partial charge in [-0.3, -0.25) is 9.69 Å². The van der Waals surface area contributed by atoms with Crippen molar-refractivity contribution in [3.8, 4) is 11.5 Å². The van der Waals surface area contributed by atoms with Gasteiger partial charge in [0.05, 0.1) is 11.5 Å². The molecule has 1 saturated heterocycles. The minimum Gasteiger partial charge on any atom is -0.504 e. The molecule has 0 unspecified atom stereocenters. The Morgan fingerprint density at radius 1 is 1.53 bits per heavy atom. The Morgan fingerprint density at radius 3 is 2.84 bits per heavy atom. The summed E-state index contributed by atoms with van der Waals surface area (Å²) in [5.74, 6) is 0.283. The van der Waals surface area contributed by atoms with Crippen LogP contribution in [0.25, 0.3) is 6.08 Å². The molecule has 1 aromatic rings. The lowest BCUT2D eigenvalue weighted by Crippen LogP contribution is -2.22. The Morgan fingerprint density at radius 2 is 2.26 bits per heavy atom. The lowest BCUT2D eigenvalue weighted by Gasteiger charge is -2.08. The van der Waals surface area contributed by atoms with E-state index in [0.29, 0.717) is 27.1 Å². The van der Waals surface area contributed by atoms with E-state index in [-0.39, 0.29) is 11.7 Å². The van der Waals surface area contributed by atoms with Gasteiger partial charge in [0.15, 0.2) is 11.5 Å². The lowest BCUT2D eigenvalue weighted by molar-refractivity contribution is -0.121. The molecule has 100 valence electrons. The molecule has 0 spiro atoms. The second-order valence-corrected chi connectivity index (χ2v) is 5.54. The summed E-state index contributed by atoms with van der Waals surface area (Å²) in [4.78, 5) is 13.8. The number of carbonyl (C=O) groups excluding carboxylic acids is 1. The number of likely N-dealkylation sites (N-methyl/N-ethyl adjacent to an activating group) is 1. The van der Waals surface area contributed by atoms with Crippen LogP contribution in [0.4, 0.5) is 0 Å². The fourth-order valence-corrected chi connectivity index (χ4v) is 2.78. The number of ether oxygens (including phenoxy) is 1. The predicted molar refractivity (Wildman–Crippen MR) is 80.2 cm³/mol. The van der Waals surface area contributed by atoms with Crippen LogP contribution in [0, 0.1) is 0 Å². The minimum atomic E-state index is -0.156. The third-order valence-corrected chi connectivity index (χ3v) is 4.09. The predicted octanol–water partition coefficient (Wildman–Crippen LogP) is 2.62. The fraction of sp³-hybridized carbons (Fsp3) is 0.231. The molecule has 1 aromatic carbocycles. The summed E-state index contributed by atoms with van der Waals surface area (Å²) in [5.41, 5.74) is 0.542. The molecular weight excluding hydrogens is 282 g/mol. The number of thiocarbonyl (C=S) groups is 1. The summed E-state index contributed by atoms with van der Waals surface area (Å²) >= 11 is 6.27. The van der Waals surface area contributed by atoms with Crippen LogP contribution >= 0.6 is 24.0 Å². The van der Waals surface area contributed by atoms with Gasteiger partial charge in [0.1, 0.15) is 4.32 Å². The number of amides is 1. The lowest BCUT2D eigenvalue weighted by atomic mass is 10.1. The number of phenols is 1. The highest BCUT2D eigenvalue weighted by Gasteiger charge is 2.28. The third kappa shape index (κ3) is 2.74. The van der Waals surface area contributed by atoms with Crippen LogP contribution in [0.1, 0.15) is 12.5 Å². The molecule has 1 heterocycles. The smallest absolute Gasteiger partial charge is 0.265 e. The van der Waals surface area contributed by atoms with Crippen molar-refractivity contribution in [1.82, 2.24) is 4.90 Å². The number of hydrogen-bond donors (Lipinski definition) is 1. The van der Waals surface area contributed by atoms with Crippen LogP contribution in [0.5, 0.6) is 11.5 Å². The SMILES string of the molecule is CCOc1cccc(C=C2SC(=S)N(C)C2=O)c1O. The molecule has 0 aliphatic carbocycles. The summed E-state index contributed by atoms with van der Waals surface area (Å²) in [5, 5.41) is 10.1. The quantitative estimate of drug-likeness (QED) is 0.686. The standard InChI is InChI=1S/C13H13NO3S2/c1-3-17-9-6-4-5-8(11(9)15)7-10-12(16)14(2)13(18)19-10/h4-7,15H,3H2,1-2H3. The number of nitrogens with zero attached hydrogens (tertiary/aromatic N) is 1. The van der Waals surface area contributed by atoms with Gasteiger partial charge < -0.3 is 9.84 Å². The molecule has 4 nitrogen and oxygen atoms in total. The summed E-state index contributed by atoms with van der Waals surface area (Å²) in [6.07, 6.45) is 1.63. The monoisotopic (exact) mass is 295 g/mol. The Kier molecular flexibility index (Phi) is 4.11. The number of carbonyl (C=O) groups is 1. The summed E-state index contributed by atoms with van der Waals surface area (Å²) in [6.45, 7) is 2.31. The van der Waals surface area contributed by atoms with E-state index >= 15 is 0 Å². The largest absolute Gasteiger partial charge is 0.504 e. The topological polar surface area (TPSA) is 49.8 Å². The van der Waals surface area contributed by atoms with Crippen LogP contribution in [0.15, 0.2) is 23.1 Å². The van der Waals surface area contributed by atoms with Gasteiger partial charge >= 0.3 is 0 Å². The van der Waals surface area contributed by atoms with Gasteiger partial charge in [-0.05, 0) is 19.1 Å². The van der Waals surface area contributed by atoms with E-state index < -0.39 is 0 Å². The Bertz CT molecular complexity index is 569. The molecule has 1 aliphatic rings. The molecule has 6 heteroatoms. The van der Waals surface area contributed by atoms with Crippen LogP contribution in [-0.4, -0.2) is 33.9 Å². The van der Waals surface area contributed by atoms with Crippen molar-refractivity contribution >= 4 is 40.3 Å². The Hall–Kier alpha value is -1.53. The molecule has 1 N–H and O–H groups in total. The molecule has 0 bridgehead atoms. The van der Waals surface area contributed by atoms with Gasteiger partial charge in [-0.2, -0.15) is 0 Å². The zero-order valence-corrected chi connectivity index (χ0v) is 12.2. The van der Waals surface area contributed by atoms with E-state index in [1.807, 2.05) is 6.92 Å². The van der Waals surface area contributed by atoms with Gasteiger partial charge in [0.25, 0.3) is 5.91 Å². The number of phenolic OH excluding ortho intramolecular Hbond substituents is 1. The van der Waals surface area contributed by atoms with Gasteiger partial charge in [-0.15, -0.1) is 0 Å². The number of aromatic hydroxyl groups is 1. The van der Waals surface area contributed by atoms with Gasteiger partial charge in [-0.25, -0.2) is 0 Å². The highest BCUT2D eigenvalue weighted by atomic mass is 32.2. The molecule has 0 radical (unpaired) electrons. The van der Waals surface area contributed by atoms with Gasteiger partial charge in [-0.1, -0.05) is 36.1 Å². The number of benzene rings is 1. The van der Waals surface area contributed by atoms with Crippen LogP contribution < -0.4 is 4.74 Å². The first kappa shape index (κ1) is 13.9. The Balaban J connectivity index is 2.36. The van der Waals surface area contributed by atoms with E-state index in [0.717, 1.165) is 0 Å². The second-order valence-electron chi connectivity index (χ2n) is 3.87. The zero-order chi connectivity index (χ0) is 14.0. The number of rotatable bonds is 3. The highest BCUT2D eigenvalue weighted by Crippen LogP contribution is 2.36. The molecular formula is C13H13NO3S2. The highest BCUT2D eigenvalue weighted by molar-refractivity contribution is 8.26. The summed E-state index contributed by atoms with van der Waals surface area (Å²) < 4.78 is 5.81.